The van der Waals surface area contributed by atoms with Gasteiger partial charge in [0.1, 0.15) is 11.9 Å². The minimum absolute atomic E-state index is 0.0363. The summed E-state index contributed by atoms with van der Waals surface area (Å²) in [6, 6.07) is 3.44. The summed E-state index contributed by atoms with van der Waals surface area (Å²) in [6.45, 7) is 3.82. The van der Waals surface area contributed by atoms with Crippen LogP contribution in [0.1, 0.15) is 74.3 Å². The molecular formula is C32H35F9N2O5. The van der Waals surface area contributed by atoms with Crippen molar-refractivity contribution in [2.24, 2.45) is 11.8 Å². The second kappa shape index (κ2) is 14.3. The number of nitrogens with zero attached hydrogens (tertiary/aromatic N) is 2. The van der Waals surface area contributed by atoms with Gasteiger partial charge in [-0.05, 0) is 92.5 Å². The molecule has 0 N–H and O–H groups in total. The fourth-order valence-electron chi connectivity index (χ4n) is 6.32. The molecule has 0 radical (unpaired) electrons. The number of esters is 1. The van der Waals surface area contributed by atoms with Crippen molar-refractivity contribution >= 4 is 17.7 Å². The molecule has 4 rings (SSSR count). The van der Waals surface area contributed by atoms with Crippen LogP contribution in [0.3, 0.4) is 0 Å². The van der Waals surface area contributed by atoms with Gasteiger partial charge in [-0.3, -0.25) is 9.69 Å². The Kier molecular flexibility index (Phi) is 11.0. The fourth-order valence-corrected chi connectivity index (χ4v) is 6.32. The van der Waals surface area contributed by atoms with E-state index in [0.29, 0.717) is 63.0 Å². The van der Waals surface area contributed by atoms with Crippen LogP contribution in [-0.4, -0.2) is 49.6 Å². The van der Waals surface area contributed by atoms with E-state index < -0.39 is 59.4 Å². The van der Waals surface area contributed by atoms with E-state index in [-0.39, 0.29) is 36.0 Å². The van der Waals surface area contributed by atoms with Gasteiger partial charge in [-0.1, -0.05) is 6.92 Å². The Balaban J connectivity index is 1.66. The standard InChI is InChI=1S/C32H35F9N2O5/c1-4-11-42(16-19-5-7-20(8-6-19)28(44)46-3)26-10-9-25(48-32(39,40)41)14-22(26)17-43-18(2)27(47-29(43)45)21-12-23(30(33,34)35)15-24(13-21)31(36,37)38/h9-10,12-15,18-20,27H,4-8,11,16-17H2,1-3H3/t18-,19-,20-,27-/m0/s1. The minimum Gasteiger partial charge on any atom is -0.469 e. The maximum Gasteiger partial charge on any atom is 0.573 e. The molecular weight excluding hydrogens is 663 g/mol. The maximum absolute atomic E-state index is 13.5. The number of anilines is 1. The van der Waals surface area contributed by atoms with Crippen molar-refractivity contribution < 1.29 is 63.3 Å². The molecule has 1 amide bonds. The van der Waals surface area contributed by atoms with E-state index >= 15 is 0 Å². The van der Waals surface area contributed by atoms with Gasteiger partial charge in [0.25, 0.3) is 0 Å². The molecule has 266 valence electrons. The number of ether oxygens (including phenoxy) is 3. The third kappa shape index (κ3) is 8.98. The van der Waals surface area contributed by atoms with E-state index in [9.17, 15) is 49.1 Å². The lowest BCUT2D eigenvalue weighted by Crippen LogP contribution is -2.36. The van der Waals surface area contributed by atoms with Crippen molar-refractivity contribution in [1.82, 2.24) is 4.90 Å². The minimum atomic E-state index is -5.13. The highest BCUT2D eigenvalue weighted by molar-refractivity contribution is 5.72. The summed E-state index contributed by atoms with van der Waals surface area (Å²) in [6.07, 6.45) is -14.7. The van der Waals surface area contributed by atoms with E-state index in [0.717, 1.165) is 17.0 Å². The van der Waals surface area contributed by atoms with Gasteiger partial charge in [-0.25, -0.2) is 4.79 Å². The van der Waals surface area contributed by atoms with Crippen molar-refractivity contribution in [3.8, 4) is 5.75 Å². The van der Waals surface area contributed by atoms with Crippen molar-refractivity contribution in [3.05, 3.63) is 58.7 Å². The van der Waals surface area contributed by atoms with Gasteiger partial charge in [0.15, 0.2) is 0 Å². The van der Waals surface area contributed by atoms with Gasteiger partial charge in [0.05, 0.1) is 36.7 Å². The highest BCUT2D eigenvalue weighted by Gasteiger charge is 2.44. The van der Waals surface area contributed by atoms with Crippen molar-refractivity contribution in [2.45, 2.75) is 83.4 Å². The summed E-state index contributed by atoms with van der Waals surface area (Å²) in [5.41, 5.74) is -3.04. The Morgan fingerprint density at radius 3 is 2.06 bits per heavy atom. The van der Waals surface area contributed by atoms with Crippen LogP contribution in [0, 0.1) is 11.8 Å². The SMILES string of the molecule is CCCN(C[C@H]1CC[C@H](C(=O)OC)CC1)c1ccc(OC(F)(F)F)cc1CN1C(=O)O[C@H](c2cc(C(F)(F)F)cc(C(F)(F)F)c2)[C@@H]1C. The third-order valence-electron chi connectivity index (χ3n) is 8.65. The molecule has 2 atom stereocenters. The number of hydrogen-bond acceptors (Lipinski definition) is 6. The molecule has 0 bridgehead atoms. The summed E-state index contributed by atoms with van der Waals surface area (Å²) in [5, 5.41) is 0. The highest BCUT2D eigenvalue weighted by Crippen LogP contribution is 2.42. The van der Waals surface area contributed by atoms with E-state index in [1.807, 2.05) is 11.8 Å². The quantitative estimate of drug-likeness (QED) is 0.183. The molecule has 2 aliphatic rings. The number of halogens is 9. The molecule has 16 heteroatoms. The van der Waals surface area contributed by atoms with Crippen LogP contribution in [0.5, 0.6) is 5.75 Å². The molecule has 48 heavy (non-hydrogen) atoms. The summed E-state index contributed by atoms with van der Waals surface area (Å²) in [4.78, 5) is 28.1. The zero-order valence-corrected chi connectivity index (χ0v) is 26.3. The second-order valence-corrected chi connectivity index (χ2v) is 12.0. The zero-order chi connectivity index (χ0) is 35.6. The van der Waals surface area contributed by atoms with Crippen LogP contribution in [0.4, 0.5) is 50.0 Å². The first-order valence-corrected chi connectivity index (χ1v) is 15.3. The zero-order valence-electron chi connectivity index (χ0n) is 26.3. The first kappa shape index (κ1) is 37.0. The Morgan fingerprint density at radius 2 is 1.54 bits per heavy atom. The molecule has 0 unspecified atom stereocenters. The number of methoxy groups -OCH3 is 1. The number of carbonyl (C=O) groups excluding carboxylic acids is 2. The monoisotopic (exact) mass is 698 g/mol. The van der Waals surface area contributed by atoms with E-state index in [4.69, 9.17) is 9.47 Å². The number of cyclic esters (lactones) is 1. The molecule has 7 nitrogen and oxygen atoms in total. The van der Waals surface area contributed by atoms with Crippen LogP contribution in [0.2, 0.25) is 0 Å². The molecule has 2 aromatic rings. The van der Waals surface area contributed by atoms with Crippen molar-refractivity contribution in [2.75, 3.05) is 25.1 Å². The topological polar surface area (TPSA) is 68.3 Å². The Hall–Kier alpha value is -3.85. The molecule has 2 fully saturated rings. The highest BCUT2D eigenvalue weighted by atomic mass is 19.4. The molecule has 2 aromatic carbocycles. The van der Waals surface area contributed by atoms with Gasteiger partial charge in [-0.2, -0.15) is 26.3 Å². The average Bonchev–Trinajstić information content (AvgIpc) is 3.27. The fraction of sp³-hybridized carbons (Fsp3) is 0.562. The van der Waals surface area contributed by atoms with Gasteiger partial charge in [0.2, 0.25) is 0 Å². The normalized spacial score (nSPS) is 22.0. The first-order chi connectivity index (χ1) is 22.3. The van der Waals surface area contributed by atoms with Crippen LogP contribution >= 0.6 is 0 Å². The molecule has 1 saturated carbocycles. The number of benzene rings is 2. The Morgan fingerprint density at radius 1 is 0.938 bits per heavy atom. The lowest BCUT2D eigenvalue weighted by atomic mass is 9.81. The molecule has 1 heterocycles. The van der Waals surface area contributed by atoms with Gasteiger partial charge < -0.3 is 19.1 Å². The number of rotatable bonds is 10. The number of amides is 1. The van der Waals surface area contributed by atoms with E-state index in [1.165, 1.54) is 20.1 Å². The number of alkyl halides is 9. The van der Waals surface area contributed by atoms with Crippen LogP contribution in [0.25, 0.3) is 0 Å². The maximum atomic E-state index is 13.5. The summed E-state index contributed by atoms with van der Waals surface area (Å²) >= 11 is 0. The lowest BCUT2D eigenvalue weighted by Gasteiger charge is -2.35. The van der Waals surface area contributed by atoms with E-state index in [2.05, 4.69) is 4.74 Å². The van der Waals surface area contributed by atoms with Crippen LogP contribution in [0.15, 0.2) is 36.4 Å². The number of carbonyl (C=O) groups is 2. The summed E-state index contributed by atoms with van der Waals surface area (Å²) in [5.74, 6) is -0.966. The van der Waals surface area contributed by atoms with Gasteiger partial charge in [-0.15, -0.1) is 13.2 Å². The third-order valence-corrected chi connectivity index (χ3v) is 8.65. The molecule has 1 aliphatic carbocycles. The Bertz CT molecular complexity index is 1420. The average molecular weight is 699 g/mol. The Labute approximate surface area is 270 Å². The predicted octanol–water partition coefficient (Wildman–Crippen LogP) is 8.90. The predicted molar refractivity (Wildman–Crippen MR) is 154 cm³/mol. The summed E-state index contributed by atoms with van der Waals surface area (Å²) in [7, 11) is 1.32. The van der Waals surface area contributed by atoms with Crippen molar-refractivity contribution in [1.29, 1.82) is 0 Å². The molecule has 1 saturated heterocycles. The van der Waals surface area contributed by atoms with Crippen LogP contribution in [-0.2, 0) is 33.2 Å². The van der Waals surface area contributed by atoms with Crippen molar-refractivity contribution in [3.63, 3.8) is 0 Å². The lowest BCUT2D eigenvalue weighted by molar-refractivity contribution is -0.274. The smallest absolute Gasteiger partial charge is 0.469 e. The largest absolute Gasteiger partial charge is 0.573 e. The molecule has 1 aliphatic heterocycles. The second-order valence-electron chi connectivity index (χ2n) is 12.0. The van der Waals surface area contributed by atoms with Gasteiger partial charge >= 0.3 is 30.8 Å². The summed E-state index contributed by atoms with van der Waals surface area (Å²) < 4.78 is 135. The van der Waals surface area contributed by atoms with Gasteiger partial charge in [0, 0.05) is 18.8 Å². The first-order valence-electron chi connectivity index (χ1n) is 15.3. The molecule has 0 spiro atoms. The van der Waals surface area contributed by atoms with E-state index in [1.54, 1.807) is 0 Å². The molecule has 0 aromatic heterocycles. The van der Waals surface area contributed by atoms with Crippen LogP contribution < -0.4 is 9.64 Å². The number of hydrogen-bond donors (Lipinski definition) is 0.